The number of H-pyrrole nitrogens is 1. The molecule has 0 atom stereocenters. The van der Waals surface area contributed by atoms with Crippen molar-refractivity contribution in [1.29, 1.82) is 0 Å². The summed E-state index contributed by atoms with van der Waals surface area (Å²) in [5, 5.41) is 15.6. The number of aromatic nitrogens is 4. The first-order valence-electron chi connectivity index (χ1n) is 12.2. The van der Waals surface area contributed by atoms with Crippen LogP contribution in [0.3, 0.4) is 0 Å². The van der Waals surface area contributed by atoms with Crippen LogP contribution in [-0.2, 0) is 23.8 Å². The van der Waals surface area contributed by atoms with Crippen molar-refractivity contribution in [2.24, 2.45) is 7.05 Å². The van der Waals surface area contributed by atoms with Gasteiger partial charge in [0.05, 0.1) is 17.8 Å². The van der Waals surface area contributed by atoms with Crippen molar-refractivity contribution in [2.75, 3.05) is 18.4 Å². The molecule has 36 heavy (non-hydrogen) atoms. The Morgan fingerprint density at radius 1 is 1.28 bits per heavy atom. The van der Waals surface area contributed by atoms with E-state index in [9.17, 15) is 9.59 Å². The molecule has 3 heterocycles. The minimum atomic E-state index is -0.156. The third-order valence-electron chi connectivity index (χ3n) is 6.77. The molecule has 0 radical (unpaired) electrons. The fraction of sp³-hybridized carbons (Fsp3) is 0.462. The van der Waals surface area contributed by atoms with Gasteiger partial charge in [0.2, 0.25) is 5.91 Å². The number of carbonyl (C=O) groups is 2. The summed E-state index contributed by atoms with van der Waals surface area (Å²) in [7, 11) is 1.84. The average molecular weight is 512 g/mol. The van der Waals surface area contributed by atoms with Crippen molar-refractivity contribution >= 4 is 40.1 Å². The SMILES string of the molecule is C=CC(=O)N1CCC(NC(=O)c2c(C)nc(CNc3n[nH]c4cc(Cl)c(C(C)(C)C)cc34)n2C)CC1. The second-order valence-corrected chi connectivity index (χ2v) is 10.8. The Labute approximate surface area is 216 Å². The highest BCUT2D eigenvalue weighted by Gasteiger charge is 2.26. The monoisotopic (exact) mass is 511 g/mol. The third kappa shape index (κ3) is 5.11. The number of hydrogen-bond donors (Lipinski definition) is 3. The van der Waals surface area contributed by atoms with Crippen LogP contribution < -0.4 is 10.6 Å². The van der Waals surface area contributed by atoms with Gasteiger partial charge in [-0.1, -0.05) is 39.0 Å². The first-order valence-corrected chi connectivity index (χ1v) is 12.5. The molecular weight excluding hydrogens is 478 g/mol. The predicted molar refractivity (Wildman–Crippen MR) is 142 cm³/mol. The molecule has 10 heteroatoms. The average Bonchev–Trinajstić information content (AvgIpc) is 3.35. The molecule has 192 valence electrons. The number of imidazole rings is 1. The Kier molecular flexibility index (Phi) is 7.13. The number of aryl methyl sites for hydroxylation is 1. The van der Waals surface area contributed by atoms with Gasteiger partial charge < -0.3 is 20.1 Å². The number of piperidine rings is 1. The number of aromatic amines is 1. The Hall–Kier alpha value is -3.33. The number of fused-ring (bicyclic) bond motifs is 1. The molecule has 0 unspecified atom stereocenters. The molecule has 0 spiro atoms. The maximum atomic E-state index is 13.1. The van der Waals surface area contributed by atoms with Crippen LogP contribution in [-0.4, -0.2) is 55.6 Å². The molecule has 0 aliphatic carbocycles. The summed E-state index contributed by atoms with van der Waals surface area (Å²) in [6.07, 6.45) is 2.75. The molecule has 3 aromatic rings. The van der Waals surface area contributed by atoms with E-state index in [0.29, 0.717) is 54.7 Å². The second-order valence-electron chi connectivity index (χ2n) is 10.4. The van der Waals surface area contributed by atoms with Gasteiger partial charge in [0, 0.05) is 36.6 Å². The lowest BCUT2D eigenvalue weighted by molar-refractivity contribution is -0.127. The highest BCUT2D eigenvalue weighted by atomic mass is 35.5. The zero-order valence-corrected chi connectivity index (χ0v) is 22.3. The van der Waals surface area contributed by atoms with Crippen LogP contribution in [0.15, 0.2) is 24.8 Å². The molecule has 0 saturated carbocycles. The molecule has 1 aliphatic rings. The number of nitrogens with one attached hydrogen (secondary N) is 3. The number of hydrogen-bond acceptors (Lipinski definition) is 5. The van der Waals surface area contributed by atoms with E-state index in [1.54, 1.807) is 4.90 Å². The van der Waals surface area contributed by atoms with E-state index in [0.717, 1.165) is 22.3 Å². The van der Waals surface area contributed by atoms with Gasteiger partial charge in [-0.15, -0.1) is 0 Å². The minimum Gasteiger partial charge on any atom is -0.361 e. The van der Waals surface area contributed by atoms with Gasteiger partial charge in [-0.25, -0.2) is 4.98 Å². The number of carbonyl (C=O) groups excluding carboxylic acids is 2. The predicted octanol–water partition coefficient (Wildman–Crippen LogP) is 4.07. The van der Waals surface area contributed by atoms with Crippen molar-refractivity contribution in [1.82, 2.24) is 30.0 Å². The molecule has 9 nitrogen and oxygen atoms in total. The fourth-order valence-corrected chi connectivity index (χ4v) is 5.15. The number of halogens is 1. The van der Waals surface area contributed by atoms with E-state index in [-0.39, 0.29) is 23.3 Å². The lowest BCUT2D eigenvalue weighted by atomic mass is 9.86. The Morgan fingerprint density at radius 3 is 2.61 bits per heavy atom. The van der Waals surface area contributed by atoms with Gasteiger partial charge >= 0.3 is 0 Å². The van der Waals surface area contributed by atoms with E-state index >= 15 is 0 Å². The summed E-state index contributed by atoms with van der Waals surface area (Å²) < 4.78 is 1.82. The van der Waals surface area contributed by atoms with Gasteiger partial charge in [-0.3, -0.25) is 14.7 Å². The van der Waals surface area contributed by atoms with Crippen molar-refractivity contribution in [3.05, 3.63) is 52.6 Å². The van der Waals surface area contributed by atoms with E-state index in [1.165, 1.54) is 6.08 Å². The van der Waals surface area contributed by atoms with Crippen LogP contribution in [0.25, 0.3) is 10.9 Å². The van der Waals surface area contributed by atoms with E-state index in [2.05, 4.69) is 59.2 Å². The van der Waals surface area contributed by atoms with Crippen molar-refractivity contribution in [2.45, 2.75) is 58.5 Å². The molecule has 1 saturated heterocycles. The number of nitrogens with zero attached hydrogens (tertiary/aromatic N) is 4. The van der Waals surface area contributed by atoms with Crippen LogP contribution >= 0.6 is 11.6 Å². The highest BCUT2D eigenvalue weighted by molar-refractivity contribution is 6.32. The van der Waals surface area contributed by atoms with E-state index in [4.69, 9.17) is 11.6 Å². The molecule has 2 amide bonds. The second kappa shape index (κ2) is 9.97. The van der Waals surface area contributed by atoms with E-state index in [1.807, 2.05) is 24.6 Å². The molecule has 4 rings (SSSR count). The van der Waals surface area contributed by atoms with E-state index < -0.39 is 0 Å². The topological polar surface area (TPSA) is 108 Å². The summed E-state index contributed by atoms with van der Waals surface area (Å²) in [6, 6.07) is 3.99. The molecule has 1 fully saturated rings. The fourth-order valence-electron chi connectivity index (χ4n) is 4.71. The van der Waals surface area contributed by atoms with Gasteiger partial charge in [0.15, 0.2) is 5.82 Å². The summed E-state index contributed by atoms with van der Waals surface area (Å²) in [6.45, 7) is 13.4. The third-order valence-corrected chi connectivity index (χ3v) is 7.08. The van der Waals surface area contributed by atoms with Crippen molar-refractivity contribution in [3.8, 4) is 0 Å². The quantitative estimate of drug-likeness (QED) is 0.432. The maximum absolute atomic E-state index is 13.1. The maximum Gasteiger partial charge on any atom is 0.270 e. The summed E-state index contributed by atoms with van der Waals surface area (Å²) in [5.74, 6) is 1.21. The van der Waals surface area contributed by atoms with Gasteiger partial charge in [-0.2, -0.15) is 5.10 Å². The zero-order chi connectivity index (χ0) is 26.2. The largest absolute Gasteiger partial charge is 0.361 e. The zero-order valence-electron chi connectivity index (χ0n) is 21.5. The van der Waals surface area contributed by atoms with Crippen LogP contribution in [0.2, 0.25) is 5.02 Å². The normalized spacial score (nSPS) is 14.8. The molecule has 1 aliphatic heterocycles. The van der Waals surface area contributed by atoms with Crippen molar-refractivity contribution in [3.63, 3.8) is 0 Å². The number of amides is 2. The smallest absolute Gasteiger partial charge is 0.270 e. The number of anilines is 1. The summed E-state index contributed by atoms with van der Waals surface area (Å²) in [4.78, 5) is 31.3. The molecule has 3 N–H and O–H groups in total. The molecule has 0 bridgehead atoms. The van der Waals surface area contributed by atoms with Crippen LogP contribution in [0, 0.1) is 6.92 Å². The van der Waals surface area contributed by atoms with Crippen molar-refractivity contribution < 1.29 is 9.59 Å². The molecule has 2 aromatic heterocycles. The molecule has 1 aromatic carbocycles. The van der Waals surface area contributed by atoms with Crippen LogP contribution in [0.4, 0.5) is 5.82 Å². The number of rotatable bonds is 6. The summed E-state index contributed by atoms with van der Waals surface area (Å²) in [5.41, 5.74) is 3.00. The van der Waals surface area contributed by atoms with Crippen LogP contribution in [0.5, 0.6) is 0 Å². The Bertz CT molecular complexity index is 1310. The number of benzene rings is 1. The first kappa shape index (κ1) is 25.8. The standard InChI is InChI=1S/C26H34ClN7O2/c1-7-22(35)34-10-8-16(9-11-34)30-25(36)23-15(2)29-21(33(23)6)14-28-24-17-12-18(26(3,4)5)19(27)13-20(17)31-32-24/h7,12-13,16H,1,8-11,14H2,2-6H3,(H,30,36)(H2,28,31,32). The van der Waals surface area contributed by atoms with Gasteiger partial charge in [0.25, 0.3) is 5.91 Å². The number of likely N-dealkylation sites (tertiary alicyclic amines) is 1. The van der Waals surface area contributed by atoms with Crippen LogP contribution in [0.1, 0.15) is 61.2 Å². The van der Waals surface area contributed by atoms with Gasteiger partial charge in [0.1, 0.15) is 11.5 Å². The lowest BCUT2D eigenvalue weighted by Gasteiger charge is -2.31. The Balaban J connectivity index is 1.45. The summed E-state index contributed by atoms with van der Waals surface area (Å²) >= 11 is 6.50. The lowest BCUT2D eigenvalue weighted by Crippen LogP contribution is -2.46. The Morgan fingerprint density at radius 2 is 1.97 bits per heavy atom. The van der Waals surface area contributed by atoms with Gasteiger partial charge in [-0.05, 0) is 49.0 Å². The first-order chi connectivity index (χ1) is 17.0. The minimum absolute atomic E-state index is 0.0153. The highest BCUT2D eigenvalue weighted by Crippen LogP contribution is 2.34. The molecular formula is C26H34ClN7O2.